The van der Waals surface area contributed by atoms with E-state index in [4.69, 9.17) is 15.9 Å². The van der Waals surface area contributed by atoms with Crippen LogP contribution in [0.15, 0.2) is 109 Å². The van der Waals surface area contributed by atoms with Gasteiger partial charge >= 0.3 is 11.8 Å². The van der Waals surface area contributed by atoms with Crippen molar-refractivity contribution < 1.29 is 33.9 Å². The number of ether oxygens (including phenoxy) is 1. The van der Waals surface area contributed by atoms with Gasteiger partial charge in [0.05, 0.1) is 10.8 Å². The fourth-order valence-corrected chi connectivity index (χ4v) is 6.77. The van der Waals surface area contributed by atoms with E-state index < -0.39 is 58.3 Å². The first kappa shape index (κ1) is 44.6. The Morgan fingerprint density at radius 1 is 0.984 bits per heavy atom. The zero-order valence-corrected chi connectivity index (χ0v) is 33.8. The number of amides is 4. The molecule has 0 unspecified atom stereocenters. The number of phenolic OH excluding ortho intramolecular Hbond substituents is 1. The summed E-state index contributed by atoms with van der Waals surface area (Å²) in [6.45, 7) is 0.377. The number of anilines is 1. The summed E-state index contributed by atoms with van der Waals surface area (Å²) in [5.74, 6) is 3.94. The number of amidine groups is 1. The predicted octanol–water partition coefficient (Wildman–Crippen LogP) is 5.84. The molecule has 4 amide bonds. The third-order valence-electron chi connectivity index (χ3n) is 10.1. The van der Waals surface area contributed by atoms with E-state index in [0.29, 0.717) is 55.5 Å². The number of phenols is 1. The normalized spacial score (nSPS) is 14.2. The summed E-state index contributed by atoms with van der Waals surface area (Å²) in [6.07, 6.45) is 5.19. The van der Waals surface area contributed by atoms with Crippen molar-refractivity contribution in [3.8, 4) is 17.6 Å². The number of aromatic hydroxyl groups is 1. The van der Waals surface area contributed by atoms with Crippen molar-refractivity contribution in [3.63, 3.8) is 0 Å². The molecule has 0 aliphatic carbocycles. The minimum absolute atomic E-state index is 0.0175. The molecule has 1 fully saturated rings. The van der Waals surface area contributed by atoms with Gasteiger partial charge < -0.3 is 31.1 Å². The van der Waals surface area contributed by atoms with Crippen molar-refractivity contribution in [2.75, 3.05) is 18.5 Å². The third-order valence-corrected chi connectivity index (χ3v) is 10.1. The number of hydrogen-bond donors (Lipinski definition) is 5. The molecule has 4 aromatic rings. The van der Waals surface area contributed by atoms with Gasteiger partial charge in [0.1, 0.15) is 24.7 Å². The first-order valence-corrected chi connectivity index (χ1v) is 19.9. The van der Waals surface area contributed by atoms with E-state index in [9.17, 15) is 34.4 Å². The molecular weight excluding hydrogens is 779 g/mol. The fourth-order valence-electron chi connectivity index (χ4n) is 6.77. The second kappa shape index (κ2) is 22.1. The third kappa shape index (κ3) is 13.3. The first-order chi connectivity index (χ1) is 29.4. The summed E-state index contributed by atoms with van der Waals surface area (Å²) in [4.78, 5) is 68.4. The number of unbranched alkanes of at least 4 members (excludes halogenated alkanes) is 1. The highest BCUT2D eigenvalue weighted by molar-refractivity contribution is 6.00. The number of nitro benzene ring substituents is 1. The lowest BCUT2D eigenvalue weighted by molar-refractivity contribution is -0.385. The van der Waals surface area contributed by atoms with Gasteiger partial charge in [-0.15, -0.1) is 0 Å². The molecule has 1 heterocycles. The number of hydrogen-bond acceptors (Lipinski definition) is 9. The first-order valence-electron chi connectivity index (χ1n) is 19.9. The highest BCUT2D eigenvalue weighted by atomic mass is 16.6. The van der Waals surface area contributed by atoms with Gasteiger partial charge in [0.2, 0.25) is 17.7 Å². The van der Waals surface area contributed by atoms with Gasteiger partial charge in [-0.2, -0.15) is 0 Å². The summed E-state index contributed by atoms with van der Waals surface area (Å²) in [5.41, 5.74) is 8.47. The van der Waals surface area contributed by atoms with Gasteiger partial charge in [-0.05, 0) is 90.9 Å². The van der Waals surface area contributed by atoms with E-state index >= 15 is 0 Å². The van der Waals surface area contributed by atoms with Gasteiger partial charge in [0, 0.05) is 43.8 Å². The van der Waals surface area contributed by atoms with Gasteiger partial charge in [-0.1, -0.05) is 78.9 Å². The molecule has 15 nitrogen and oxygen atoms in total. The molecule has 5 rings (SSSR count). The zero-order chi connectivity index (χ0) is 43.7. The molecule has 0 aromatic heterocycles. The second-order valence-corrected chi connectivity index (χ2v) is 14.5. The van der Waals surface area contributed by atoms with E-state index in [1.807, 2.05) is 60.7 Å². The highest BCUT2D eigenvalue weighted by Gasteiger charge is 2.37. The minimum atomic E-state index is -1.09. The molecular formula is C46H49N7O8. The minimum Gasteiger partial charge on any atom is -0.502 e. The number of nitro groups is 1. The predicted molar refractivity (Wildman–Crippen MR) is 231 cm³/mol. The Balaban J connectivity index is 1.28. The number of rotatable bonds is 17. The Morgan fingerprint density at radius 2 is 1.67 bits per heavy atom. The molecule has 1 aliphatic heterocycles. The Morgan fingerprint density at radius 3 is 2.33 bits per heavy atom. The number of benzene rings is 4. The average Bonchev–Trinajstić information content (AvgIpc) is 3.76. The summed E-state index contributed by atoms with van der Waals surface area (Å²) in [7, 11) is 1.59. The van der Waals surface area contributed by atoms with Crippen LogP contribution in [0.25, 0.3) is 6.08 Å². The SMILES string of the molecule is CN(C(=O)[C@@H](CCCCC(=N)N)NC(=O)[C@H](Cc1ccccc1)NC(=O)[C@H]1CCCN1C(=O)OCc1ccccc1)c1ccc(C#C/C=C/c2ccc([N+](=O)[O-])c(O)c2)cc1. The van der Waals surface area contributed by atoms with Crippen LogP contribution in [-0.2, 0) is 32.1 Å². The lowest BCUT2D eigenvalue weighted by atomic mass is 10.0. The van der Waals surface area contributed by atoms with Crippen molar-refractivity contribution in [1.82, 2.24) is 15.5 Å². The topological polar surface area (TPSA) is 221 Å². The average molecular weight is 828 g/mol. The smallest absolute Gasteiger partial charge is 0.410 e. The second-order valence-electron chi connectivity index (χ2n) is 14.5. The van der Waals surface area contributed by atoms with E-state index in [1.54, 1.807) is 43.5 Å². The van der Waals surface area contributed by atoms with Crippen LogP contribution in [0, 0.1) is 27.4 Å². The number of allylic oxidation sites excluding steroid dienone is 1. The van der Waals surface area contributed by atoms with Crippen LogP contribution in [0.2, 0.25) is 0 Å². The maximum absolute atomic E-state index is 14.2. The Bertz CT molecular complexity index is 2270. The van der Waals surface area contributed by atoms with Crippen molar-refractivity contribution in [3.05, 3.63) is 142 Å². The summed E-state index contributed by atoms with van der Waals surface area (Å²) in [6, 6.07) is 26.3. The number of nitrogens with two attached hydrogens (primary N) is 1. The van der Waals surface area contributed by atoms with Crippen LogP contribution in [-0.4, -0.2) is 76.3 Å². The standard InChI is InChI=1S/C46H49N7O8/c1-51(36-25-22-32(23-26-36)13-8-9-16-34-24-27-39(53(59)60)41(54)30-34)45(57)37(19-10-11-21-42(47)48)49-43(55)38(29-33-14-4-2-5-15-33)50-44(56)40-20-12-28-52(40)46(58)61-31-35-17-6-3-7-18-35/h2-7,9,14-18,22-27,30,37-38,40,54H,10-12,19-21,28-29,31H2,1H3,(H3,47,48)(H,49,55)(H,50,56)/b16-9+/t37-,38+,40-/m1/s1. The molecule has 3 atom stereocenters. The molecule has 1 saturated heterocycles. The lowest BCUT2D eigenvalue weighted by Crippen LogP contribution is -2.57. The molecule has 15 heteroatoms. The van der Waals surface area contributed by atoms with Gasteiger partial charge in [-0.25, -0.2) is 4.79 Å². The number of carbonyl (C=O) groups is 4. The molecule has 316 valence electrons. The van der Waals surface area contributed by atoms with Crippen LogP contribution in [0.3, 0.4) is 0 Å². The molecule has 4 aromatic carbocycles. The van der Waals surface area contributed by atoms with Gasteiger partial charge in [0.25, 0.3) is 0 Å². The molecule has 0 radical (unpaired) electrons. The van der Waals surface area contributed by atoms with E-state index in [-0.39, 0.29) is 25.3 Å². The zero-order valence-electron chi connectivity index (χ0n) is 33.8. The molecule has 61 heavy (non-hydrogen) atoms. The monoisotopic (exact) mass is 827 g/mol. The molecule has 6 N–H and O–H groups in total. The van der Waals surface area contributed by atoms with Crippen molar-refractivity contribution in [2.24, 2.45) is 5.73 Å². The molecule has 1 aliphatic rings. The van der Waals surface area contributed by atoms with Crippen LogP contribution in [0.1, 0.15) is 60.8 Å². The lowest BCUT2D eigenvalue weighted by Gasteiger charge is -2.28. The Kier molecular flexibility index (Phi) is 16.1. The maximum Gasteiger partial charge on any atom is 0.410 e. The summed E-state index contributed by atoms with van der Waals surface area (Å²) < 4.78 is 5.53. The maximum atomic E-state index is 14.2. The highest BCUT2D eigenvalue weighted by Crippen LogP contribution is 2.27. The molecule has 0 saturated carbocycles. The van der Waals surface area contributed by atoms with Crippen molar-refractivity contribution >= 4 is 47.1 Å². The summed E-state index contributed by atoms with van der Waals surface area (Å²) in [5, 5.41) is 34.2. The number of likely N-dealkylation sites (N-methyl/N-ethyl adjacent to an activating group) is 1. The summed E-state index contributed by atoms with van der Waals surface area (Å²) >= 11 is 0. The Hall–Kier alpha value is -7.47. The molecule has 0 bridgehead atoms. The van der Waals surface area contributed by atoms with Crippen LogP contribution in [0.5, 0.6) is 5.75 Å². The fraction of sp³-hybridized carbons (Fsp3) is 0.283. The van der Waals surface area contributed by atoms with Gasteiger partial charge in [0.15, 0.2) is 5.75 Å². The quantitative estimate of drug-likeness (QED) is 0.0215. The van der Waals surface area contributed by atoms with E-state index in [1.165, 1.54) is 28.0 Å². The number of carbonyl (C=O) groups excluding carboxylic acids is 4. The van der Waals surface area contributed by atoms with Crippen molar-refractivity contribution in [1.29, 1.82) is 5.41 Å². The molecule has 0 spiro atoms. The Labute approximate surface area is 354 Å². The largest absolute Gasteiger partial charge is 0.502 e. The van der Waals surface area contributed by atoms with Crippen LogP contribution < -0.4 is 21.3 Å². The van der Waals surface area contributed by atoms with E-state index in [2.05, 4.69) is 22.5 Å². The van der Waals surface area contributed by atoms with E-state index in [0.717, 1.165) is 11.1 Å². The van der Waals surface area contributed by atoms with Gasteiger partial charge in [-0.3, -0.25) is 34.8 Å². The number of nitrogens with one attached hydrogen (secondary N) is 3. The number of nitrogens with zero attached hydrogens (tertiary/aromatic N) is 3. The van der Waals surface area contributed by atoms with Crippen molar-refractivity contribution in [2.45, 2.75) is 69.7 Å². The number of likely N-dealkylation sites (tertiary alicyclic amines) is 1. The van der Waals surface area contributed by atoms with Crippen LogP contribution in [0.4, 0.5) is 16.2 Å². The van der Waals surface area contributed by atoms with Crippen LogP contribution >= 0.6 is 0 Å².